The van der Waals surface area contributed by atoms with Crippen LogP contribution in [0.25, 0.3) is 0 Å². The maximum absolute atomic E-state index is 10.5. The predicted molar refractivity (Wildman–Crippen MR) is 63.3 cm³/mol. The van der Waals surface area contributed by atoms with Crippen molar-refractivity contribution in [3.63, 3.8) is 0 Å². The van der Waals surface area contributed by atoms with Crippen molar-refractivity contribution in [3.05, 3.63) is 33.9 Å². The Hall–Kier alpha value is -2.19. The average Bonchev–Trinajstić information content (AvgIpc) is 2.29. The molecule has 100 valence electrons. The minimum atomic E-state index is -1.36. The first kappa shape index (κ1) is 15.8. The van der Waals surface area contributed by atoms with Crippen LogP contribution in [0.5, 0.6) is 0 Å². The summed E-state index contributed by atoms with van der Waals surface area (Å²) in [7, 11) is 0. The Kier molecular flexibility index (Phi) is 7.01. The Morgan fingerprint density at radius 3 is 2.17 bits per heavy atom. The van der Waals surface area contributed by atoms with Gasteiger partial charge in [-0.05, 0) is 18.6 Å². The number of aliphatic hydroxyl groups excluding tert-OH is 2. The first-order valence-electron chi connectivity index (χ1n) is 4.93. The lowest BCUT2D eigenvalue weighted by Crippen LogP contribution is -2.05. The standard InChI is InChI=1S/C7H6N2O4.C3H8O2/c8-5-3-1-2-4(7(10)11)6(5)9(12)13;4-2-1-3-5/h1-3H,8H2,(H,10,11);4-5H,1-3H2. The van der Waals surface area contributed by atoms with Crippen LogP contribution in [0.15, 0.2) is 18.2 Å². The first-order chi connectivity index (χ1) is 8.45. The molecule has 1 aromatic rings. The van der Waals surface area contributed by atoms with Crippen molar-refractivity contribution in [1.82, 2.24) is 0 Å². The second kappa shape index (κ2) is 7.98. The number of nitro benzene ring substituents is 1. The van der Waals surface area contributed by atoms with Crippen LogP contribution in [0.4, 0.5) is 11.4 Å². The molecule has 0 saturated heterocycles. The van der Waals surface area contributed by atoms with Gasteiger partial charge in [-0.2, -0.15) is 0 Å². The zero-order valence-electron chi connectivity index (χ0n) is 9.44. The monoisotopic (exact) mass is 258 g/mol. The van der Waals surface area contributed by atoms with Crippen molar-refractivity contribution >= 4 is 17.3 Å². The number of carboxylic acid groups (broad SMARTS) is 1. The lowest BCUT2D eigenvalue weighted by Gasteiger charge is -1.99. The molecule has 0 aliphatic heterocycles. The van der Waals surface area contributed by atoms with Gasteiger partial charge in [-0.3, -0.25) is 10.1 Å². The van der Waals surface area contributed by atoms with Crippen molar-refractivity contribution < 1.29 is 25.0 Å². The molecule has 0 radical (unpaired) electrons. The minimum absolute atomic E-state index is 0.0938. The molecule has 0 heterocycles. The number of benzene rings is 1. The van der Waals surface area contributed by atoms with Gasteiger partial charge in [0.15, 0.2) is 0 Å². The van der Waals surface area contributed by atoms with Gasteiger partial charge in [0.2, 0.25) is 0 Å². The van der Waals surface area contributed by atoms with Gasteiger partial charge in [0.05, 0.1) is 4.92 Å². The normalized spacial score (nSPS) is 9.22. The number of para-hydroxylation sites is 1. The number of nitrogen functional groups attached to an aromatic ring is 1. The summed E-state index contributed by atoms with van der Waals surface area (Å²) in [6.45, 7) is 0.188. The van der Waals surface area contributed by atoms with Gasteiger partial charge >= 0.3 is 11.7 Å². The fourth-order valence-corrected chi connectivity index (χ4v) is 1.01. The molecule has 1 rings (SSSR count). The van der Waals surface area contributed by atoms with E-state index in [0.29, 0.717) is 6.42 Å². The second-order valence-corrected chi connectivity index (χ2v) is 3.11. The zero-order chi connectivity index (χ0) is 14.1. The van der Waals surface area contributed by atoms with Crippen molar-refractivity contribution in [2.45, 2.75) is 6.42 Å². The number of anilines is 1. The van der Waals surface area contributed by atoms with E-state index in [2.05, 4.69) is 0 Å². The highest BCUT2D eigenvalue weighted by Gasteiger charge is 2.22. The smallest absolute Gasteiger partial charge is 0.342 e. The first-order valence-corrected chi connectivity index (χ1v) is 4.93. The maximum Gasteiger partial charge on any atom is 0.342 e. The summed E-state index contributed by atoms with van der Waals surface area (Å²) in [6, 6.07) is 3.77. The molecule has 0 aromatic heterocycles. The van der Waals surface area contributed by atoms with Crippen LogP contribution >= 0.6 is 0 Å². The molecule has 8 nitrogen and oxygen atoms in total. The summed E-state index contributed by atoms with van der Waals surface area (Å²) >= 11 is 0. The highest BCUT2D eigenvalue weighted by molar-refractivity contribution is 5.95. The molecule has 18 heavy (non-hydrogen) atoms. The van der Waals surface area contributed by atoms with Crippen LogP contribution in [0.1, 0.15) is 16.8 Å². The number of rotatable bonds is 4. The number of nitrogens with two attached hydrogens (primary N) is 1. The lowest BCUT2D eigenvalue weighted by molar-refractivity contribution is -0.384. The van der Waals surface area contributed by atoms with Gasteiger partial charge in [0.1, 0.15) is 11.3 Å². The van der Waals surface area contributed by atoms with E-state index in [1.807, 2.05) is 0 Å². The van der Waals surface area contributed by atoms with Crippen LogP contribution in [0, 0.1) is 10.1 Å². The number of aliphatic hydroxyl groups is 2. The number of hydrogen-bond donors (Lipinski definition) is 4. The third-order valence-electron chi connectivity index (χ3n) is 1.80. The van der Waals surface area contributed by atoms with Gasteiger partial charge in [-0.1, -0.05) is 6.07 Å². The minimum Gasteiger partial charge on any atom is -0.477 e. The maximum atomic E-state index is 10.5. The molecular weight excluding hydrogens is 244 g/mol. The summed E-state index contributed by atoms with van der Waals surface area (Å²) in [6.07, 6.45) is 0.500. The van der Waals surface area contributed by atoms with Crippen LogP contribution in [0.2, 0.25) is 0 Å². The van der Waals surface area contributed by atoms with E-state index in [1.165, 1.54) is 12.1 Å². The molecule has 8 heteroatoms. The van der Waals surface area contributed by atoms with Gasteiger partial charge in [-0.25, -0.2) is 4.79 Å². The summed E-state index contributed by atoms with van der Waals surface area (Å²) in [4.78, 5) is 20.1. The quantitative estimate of drug-likeness (QED) is 0.343. The molecule has 0 spiro atoms. The Balaban J connectivity index is 0.000000494. The van der Waals surface area contributed by atoms with E-state index in [4.69, 9.17) is 21.1 Å². The topological polar surface area (TPSA) is 147 Å². The number of aromatic carboxylic acids is 1. The number of nitro groups is 1. The molecule has 5 N–H and O–H groups in total. The summed E-state index contributed by atoms with van der Waals surface area (Å²) in [5.41, 5.74) is 4.15. The van der Waals surface area contributed by atoms with Crippen LogP contribution < -0.4 is 5.73 Å². The van der Waals surface area contributed by atoms with Crippen molar-refractivity contribution in [2.75, 3.05) is 18.9 Å². The number of carboxylic acids is 1. The van der Waals surface area contributed by atoms with Crippen LogP contribution in [-0.4, -0.2) is 39.4 Å². The zero-order valence-corrected chi connectivity index (χ0v) is 9.44. The lowest BCUT2D eigenvalue weighted by atomic mass is 10.1. The molecule has 1 aromatic carbocycles. The molecule has 0 saturated carbocycles. The molecule has 0 aliphatic rings. The van der Waals surface area contributed by atoms with Crippen molar-refractivity contribution in [2.24, 2.45) is 0 Å². The Morgan fingerprint density at radius 2 is 1.89 bits per heavy atom. The summed E-state index contributed by atoms with van der Waals surface area (Å²) in [5.74, 6) is -1.36. The van der Waals surface area contributed by atoms with E-state index in [-0.39, 0.29) is 18.9 Å². The third-order valence-corrected chi connectivity index (χ3v) is 1.80. The van der Waals surface area contributed by atoms with Crippen molar-refractivity contribution in [3.8, 4) is 0 Å². The largest absolute Gasteiger partial charge is 0.477 e. The van der Waals surface area contributed by atoms with Gasteiger partial charge in [0.25, 0.3) is 0 Å². The third kappa shape index (κ3) is 4.76. The summed E-state index contributed by atoms with van der Waals surface area (Å²) < 4.78 is 0. The second-order valence-electron chi connectivity index (χ2n) is 3.11. The number of nitrogens with zero attached hydrogens (tertiary/aromatic N) is 1. The highest BCUT2D eigenvalue weighted by atomic mass is 16.6. The molecule has 0 fully saturated rings. The fourth-order valence-electron chi connectivity index (χ4n) is 1.01. The number of hydrogen-bond acceptors (Lipinski definition) is 6. The van der Waals surface area contributed by atoms with E-state index in [9.17, 15) is 14.9 Å². The van der Waals surface area contributed by atoms with E-state index >= 15 is 0 Å². The van der Waals surface area contributed by atoms with E-state index in [0.717, 1.165) is 6.07 Å². The molecule has 0 amide bonds. The van der Waals surface area contributed by atoms with Gasteiger partial charge in [0, 0.05) is 13.2 Å². The van der Waals surface area contributed by atoms with Crippen LogP contribution in [-0.2, 0) is 0 Å². The molecule has 0 aliphatic carbocycles. The Bertz CT molecular complexity index is 419. The van der Waals surface area contributed by atoms with Gasteiger partial charge in [-0.15, -0.1) is 0 Å². The molecular formula is C10H14N2O6. The van der Waals surface area contributed by atoms with Gasteiger partial charge < -0.3 is 21.1 Å². The highest BCUT2D eigenvalue weighted by Crippen LogP contribution is 2.25. The average molecular weight is 258 g/mol. The van der Waals surface area contributed by atoms with E-state index in [1.54, 1.807) is 0 Å². The molecule has 0 unspecified atom stereocenters. The number of carbonyl (C=O) groups is 1. The van der Waals surface area contributed by atoms with Crippen LogP contribution in [0.3, 0.4) is 0 Å². The SMILES string of the molecule is Nc1cccc(C(=O)O)c1[N+](=O)[O-].OCCCO. The molecule has 0 bridgehead atoms. The fraction of sp³-hybridized carbons (Fsp3) is 0.300. The summed E-state index contributed by atoms with van der Waals surface area (Å²) in [5, 5.41) is 34.8. The Morgan fingerprint density at radius 1 is 1.33 bits per heavy atom. The van der Waals surface area contributed by atoms with Crippen molar-refractivity contribution in [1.29, 1.82) is 0 Å². The molecule has 0 atom stereocenters. The Labute approximate surface area is 102 Å². The van der Waals surface area contributed by atoms with E-state index < -0.39 is 22.1 Å². The predicted octanol–water partition coefficient (Wildman–Crippen LogP) is 0.236.